The Morgan fingerprint density at radius 2 is 1.38 bits per heavy atom. The maximum atomic E-state index is 6.50. The number of hydrogen-bond acceptors (Lipinski definition) is 0. The zero-order chi connectivity index (χ0) is 21.3. The summed E-state index contributed by atoms with van der Waals surface area (Å²) in [4.78, 5) is 0. The Morgan fingerprint density at radius 1 is 0.625 bits per heavy atom. The van der Waals surface area contributed by atoms with Crippen LogP contribution in [0.2, 0.25) is 5.02 Å². The minimum absolute atomic E-state index is 0.165. The molecule has 1 aromatic heterocycles. The van der Waals surface area contributed by atoms with Crippen LogP contribution >= 0.6 is 11.6 Å². The SMILES string of the molecule is Clc1ccc2c(c1)c1cc3c(cc1n2-c1ccccc1)-c1ccccc1C31CCCCC1. The smallest absolute Gasteiger partial charge is 0.0547 e. The molecule has 5 aromatic rings. The molecule has 4 aromatic carbocycles. The molecule has 1 heterocycles. The lowest BCUT2D eigenvalue weighted by atomic mass is 9.68. The van der Waals surface area contributed by atoms with E-state index >= 15 is 0 Å². The average molecular weight is 434 g/mol. The fraction of sp³-hybridized carbons (Fsp3) is 0.200. The highest BCUT2D eigenvalue weighted by molar-refractivity contribution is 6.32. The number of fused-ring (bicyclic) bond motifs is 8. The quantitative estimate of drug-likeness (QED) is 0.249. The Hall–Kier alpha value is -3.03. The summed E-state index contributed by atoms with van der Waals surface area (Å²) in [6, 6.07) is 31.1. The molecule has 1 fully saturated rings. The number of nitrogens with zero attached hydrogens (tertiary/aromatic N) is 1. The maximum Gasteiger partial charge on any atom is 0.0547 e. The molecule has 2 heteroatoms. The van der Waals surface area contributed by atoms with Crippen molar-refractivity contribution in [3.8, 4) is 16.8 Å². The van der Waals surface area contributed by atoms with Crippen LogP contribution in [-0.2, 0) is 5.41 Å². The monoisotopic (exact) mass is 433 g/mol. The van der Waals surface area contributed by atoms with Crippen molar-refractivity contribution in [2.24, 2.45) is 0 Å². The third-order valence-corrected chi connectivity index (χ3v) is 8.07. The molecule has 2 aliphatic carbocycles. The topological polar surface area (TPSA) is 4.93 Å². The first kappa shape index (κ1) is 18.5. The molecule has 0 saturated heterocycles. The lowest BCUT2D eigenvalue weighted by molar-refractivity contribution is 0.353. The van der Waals surface area contributed by atoms with Gasteiger partial charge in [-0.25, -0.2) is 0 Å². The number of halogens is 1. The molecule has 1 spiro atoms. The molecule has 0 bridgehead atoms. The lowest BCUT2D eigenvalue weighted by Crippen LogP contribution is -2.27. The highest BCUT2D eigenvalue weighted by Crippen LogP contribution is 2.57. The molecule has 7 rings (SSSR count). The van der Waals surface area contributed by atoms with Gasteiger partial charge in [-0.05, 0) is 77.6 Å². The van der Waals surface area contributed by atoms with Crippen molar-refractivity contribution in [3.63, 3.8) is 0 Å². The molecule has 0 unspecified atom stereocenters. The van der Waals surface area contributed by atoms with E-state index in [-0.39, 0.29) is 5.41 Å². The van der Waals surface area contributed by atoms with Crippen molar-refractivity contribution < 1.29 is 0 Å². The van der Waals surface area contributed by atoms with Crippen LogP contribution in [0.5, 0.6) is 0 Å². The van der Waals surface area contributed by atoms with Gasteiger partial charge in [-0.3, -0.25) is 0 Å². The maximum absolute atomic E-state index is 6.50. The third kappa shape index (κ3) is 2.40. The van der Waals surface area contributed by atoms with Crippen molar-refractivity contribution >= 4 is 33.4 Å². The van der Waals surface area contributed by atoms with Crippen LogP contribution in [0.3, 0.4) is 0 Å². The summed E-state index contributed by atoms with van der Waals surface area (Å²) in [5, 5.41) is 3.34. The summed E-state index contributed by atoms with van der Waals surface area (Å²) in [6.07, 6.45) is 6.47. The molecule has 0 radical (unpaired) electrons. The van der Waals surface area contributed by atoms with Crippen molar-refractivity contribution in [1.29, 1.82) is 0 Å². The lowest BCUT2D eigenvalue weighted by Gasteiger charge is -2.36. The highest BCUT2D eigenvalue weighted by atomic mass is 35.5. The van der Waals surface area contributed by atoms with E-state index in [4.69, 9.17) is 11.6 Å². The average Bonchev–Trinajstić information content (AvgIpc) is 3.29. The van der Waals surface area contributed by atoms with E-state index in [9.17, 15) is 0 Å². The van der Waals surface area contributed by atoms with E-state index in [1.807, 2.05) is 6.07 Å². The highest BCUT2D eigenvalue weighted by Gasteiger charge is 2.44. The Bertz CT molecular complexity index is 1500. The van der Waals surface area contributed by atoms with Gasteiger partial charge in [0.05, 0.1) is 11.0 Å². The first-order valence-electron chi connectivity index (χ1n) is 11.7. The standard InChI is InChI=1S/C30H24ClN/c31-20-13-14-28-24(17-20)25-18-27-23(19-29(25)32(28)21-9-3-1-4-10-21)22-11-5-6-12-26(22)30(27)15-7-2-8-16-30/h1,3-6,9-14,17-19H,2,7-8,15-16H2. The van der Waals surface area contributed by atoms with Crippen molar-refractivity contribution in [3.05, 3.63) is 101 Å². The largest absolute Gasteiger partial charge is 0.309 e. The number of rotatable bonds is 1. The second-order valence-electron chi connectivity index (χ2n) is 9.44. The number of para-hydroxylation sites is 1. The summed E-state index contributed by atoms with van der Waals surface area (Å²) in [7, 11) is 0. The van der Waals surface area contributed by atoms with E-state index in [0.717, 1.165) is 5.02 Å². The minimum atomic E-state index is 0.165. The van der Waals surface area contributed by atoms with Crippen LogP contribution in [-0.4, -0.2) is 4.57 Å². The molecular formula is C30H24ClN. The van der Waals surface area contributed by atoms with Crippen LogP contribution in [0.25, 0.3) is 38.6 Å². The van der Waals surface area contributed by atoms with Gasteiger partial charge in [0.2, 0.25) is 0 Å². The normalized spacial score (nSPS) is 16.5. The molecule has 0 aliphatic heterocycles. The molecule has 0 atom stereocenters. The summed E-state index contributed by atoms with van der Waals surface area (Å²) in [5.74, 6) is 0. The van der Waals surface area contributed by atoms with Crippen LogP contribution in [0.15, 0.2) is 84.9 Å². The van der Waals surface area contributed by atoms with Crippen LogP contribution < -0.4 is 0 Å². The van der Waals surface area contributed by atoms with E-state index in [1.165, 1.54) is 81.9 Å². The zero-order valence-corrected chi connectivity index (χ0v) is 18.7. The molecule has 2 aliphatic rings. The van der Waals surface area contributed by atoms with Crippen molar-refractivity contribution in [2.45, 2.75) is 37.5 Å². The Kier molecular flexibility index (Phi) is 3.90. The summed E-state index contributed by atoms with van der Waals surface area (Å²) in [6.45, 7) is 0. The minimum Gasteiger partial charge on any atom is -0.309 e. The van der Waals surface area contributed by atoms with E-state index < -0.39 is 0 Å². The summed E-state index contributed by atoms with van der Waals surface area (Å²) in [5.41, 5.74) is 9.73. The van der Waals surface area contributed by atoms with Crippen molar-refractivity contribution in [1.82, 2.24) is 4.57 Å². The molecule has 1 nitrogen and oxygen atoms in total. The van der Waals surface area contributed by atoms with E-state index in [1.54, 1.807) is 0 Å². The van der Waals surface area contributed by atoms with Gasteiger partial charge in [-0.15, -0.1) is 0 Å². The number of aromatic nitrogens is 1. The van der Waals surface area contributed by atoms with Gasteiger partial charge in [0.1, 0.15) is 0 Å². The molecule has 32 heavy (non-hydrogen) atoms. The fourth-order valence-corrected chi connectivity index (χ4v) is 6.66. The van der Waals surface area contributed by atoms with Gasteiger partial charge >= 0.3 is 0 Å². The molecular weight excluding hydrogens is 410 g/mol. The summed E-state index contributed by atoms with van der Waals surface area (Å²) >= 11 is 6.50. The number of benzene rings is 4. The number of hydrogen-bond donors (Lipinski definition) is 0. The Morgan fingerprint density at radius 3 is 2.22 bits per heavy atom. The first-order chi connectivity index (χ1) is 15.8. The van der Waals surface area contributed by atoms with Gasteiger partial charge in [0.25, 0.3) is 0 Å². The third-order valence-electron chi connectivity index (χ3n) is 7.84. The first-order valence-corrected chi connectivity index (χ1v) is 12.1. The molecule has 0 amide bonds. The van der Waals surface area contributed by atoms with Gasteiger partial charge in [0, 0.05) is 26.9 Å². The second-order valence-corrected chi connectivity index (χ2v) is 9.87. The van der Waals surface area contributed by atoms with Gasteiger partial charge < -0.3 is 4.57 Å². The van der Waals surface area contributed by atoms with Gasteiger partial charge in [-0.1, -0.05) is 73.3 Å². The fourth-order valence-electron chi connectivity index (χ4n) is 6.49. The van der Waals surface area contributed by atoms with Gasteiger partial charge in [0.15, 0.2) is 0 Å². The second kappa shape index (κ2) is 6.73. The predicted octanol–water partition coefficient (Wildman–Crippen LogP) is 8.67. The van der Waals surface area contributed by atoms with Gasteiger partial charge in [-0.2, -0.15) is 0 Å². The van der Waals surface area contributed by atoms with Crippen molar-refractivity contribution in [2.75, 3.05) is 0 Å². The van der Waals surface area contributed by atoms with Crippen LogP contribution in [0, 0.1) is 0 Å². The van der Waals surface area contributed by atoms with Crippen LogP contribution in [0.1, 0.15) is 43.2 Å². The molecule has 156 valence electrons. The molecule has 1 saturated carbocycles. The van der Waals surface area contributed by atoms with E-state index in [0.29, 0.717) is 0 Å². The zero-order valence-electron chi connectivity index (χ0n) is 17.9. The molecule has 0 N–H and O–H groups in total. The summed E-state index contributed by atoms with van der Waals surface area (Å²) < 4.78 is 2.40. The Labute approximate surface area is 193 Å². The predicted molar refractivity (Wildman–Crippen MR) is 135 cm³/mol. The Balaban J connectivity index is 1.63. The van der Waals surface area contributed by atoms with Crippen LogP contribution in [0.4, 0.5) is 0 Å². The van der Waals surface area contributed by atoms with E-state index in [2.05, 4.69) is 83.4 Å².